The number of halogens is 3. The molecule has 0 saturated carbocycles. The molecule has 1 N–H and O–H groups in total. The molecule has 188 valence electrons. The number of anilines is 1. The van der Waals surface area contributed by atoms with Crippen molar-refractivity contribution in [3.63, 3.8) is 0 Å². The van der Waals surface area contributed by atoms with Crippen LogP contribution in [0.25, 0.3) is 11.1 Å². The Morgan fingerprint density at radius 2 is 1.89 bits per heavy atom. The van der Waals surface area contributed by atoms with E-state index in [-0.39, 0.29) is 24.4 Å². The number of hydrogen-bond acceptors (Lipinski definition) is 6. The van der Waals surface area contributed by atoms with Crippen molar-refractivity contribution in [3.05, 3.63) is 57.8 Å². The van der Waals surface area contributed by atoms with Crippen LogP contribution in [-0.2, 0) is 17.5 Å². The van der Waals surface area contributed by atoms with E-state index >= 15 is 0 Å². The molecule has 8 nitrogen and oxygen atoms in total. The number of carbonyl (C=O) groups excluding carboxylic acids is 1. The van der Waals surface area contributed by atoms with Crippen LogP contribution in [-0.4, -0.2) is 59.6 Å². The van der Waals surface area contributed by atoms with Gasteiger partial charge in [0.1, 0.15) is 17.5 Å². The maximum atomic E-state index is 13.0. The van der Waals surface area contributed by atoms with Gasteiger partial charge in [-0.3, -0.25) is 19.1 Å². The largest absolute Gasteiger partial charge is 0.443 e. The third kappa shape index (κ3) is 5.67. The number of carbonyl (C=O) groups is 1. The van der Waals surface area contributed by atoms with Gasteiger partial charge in [-0.15, -0.1) is 0 Å². The Labute approximate surface area is 200 Å². The summed E-state index contributed by atoms with van der Waals surface area (Å²) in [6.07, 6.45) is -2.82. The van der Waals surface area contributed by atoms with Crippen LogP contribution in [0.1, 0.15) is 23.3 Å². The minimum absolute atomic E-state index is 0.145. The maximum absolute atomic E-state index is 13.0. The second-order valence-electron chi connectivity index (χ2n) is 8.68. The first-order chi connectivity index (χ1) is 16.6. The number of aryl methyl sites for hydroxylation is 3. The van der Waals surface area contributed by atoms with E-state index in [4.69, 9.17) is 4.42 Å². The lowest BCUT2D eigenvalue weighted by Crippen LogP contribution is -2.48. The molecule has 1 aliphatic rings. The van der Waals surface area contributed by atoms with Gasteiger partial charge in [-0.2, -0.15) is 13.2 Å². The average Bonchev–Trinajstić information content (AvgIpc) is 3.12. The Balaban J connectivity index is 1.20. The Hall–Kier alpha value is -3.34. The molecule has 1 fully saturated rings. The maximum Gasteiger partial charge on any atom is 0.416 e. The van der Waals surface area contributed by atoms with E-state index in [1.165, 1.54) is 23.0 Å². The fraction of sp³-hybridized carbons (Fsp3) is 0.458. The number of piperazine rings is 1. The lowest BCUT2D eigenvalue weighted by Gasteiger charge is -2.36. The predicted molar refractivity (Wildman–Crippen MR) is 125 cm³/mol. The van der Waals surface area contributed by atoms with E-state index in [2.05, 4.69) is 15.2 Å². The summed E-state index contributed by atoms with van der Waals surface area (Å²) in [5.74, 6) is 0.482. The van der Waals surface area contributed by atoms with Crippen molar-refractivity contribution < 1.29 is 22.4 Å². The molecule has 1 aromatic carbocycles. The van der Waals surface area contributed by atoms with Gasteiger partial charge in [0.2, 0.25) is 11.6 Å². The summed E-state index contributed by atoms with van der Waals surface area (Å²) >= 11 is 0. The normalized spacial score (nSPS) is 15.1. The van der Waals surface area contributed by atoms with Crippen molar-refractivity contribution in [2.24, 2.45) is 0 Å². The molecule has 3 aromatic rings. The lowest BCUT2D eigenvalue weighted by atomic mass is 10.1. The first-order valence-corrected chi connectivity index (χ1v) is 11.5. The second-order valence-corrected chi connectivity index (χ2v) is 8.68. The van der Waals surface area contributed by atoms with Crippen molar-refractivity contribution in [3.8, 4) is 0 Å². The van der Waals surface area contributed by atoms with Crippen molar-refractivity contribution in [2.45, 2.75) is 33.0 Å². The van der Waals surface area contributed by atoms with Crippen LogP contribution >= 0.6 is 0 Å². The fourth-order valence-electron chi connectivity index (χ4n) is 4.20. The van der Waals surface area contributed by atoms with Crippen LogP contribution in [0, 0.1) is 13.8 Å². The topological polar surface area (TPSA) is 83.6 Å². The number of furan rings is 1. The van der Waals surface area contributed by atoms with E-state index in [1.807, 2.05) is 4.90 Å². The molecule has 0 aliphatic carbocycles. The van der Waals surface area contributed by atoms with Crippen LogP contribution in [0.5, 0.6) is 0 Å². The minimum Gasteiger partial charge on any atom is -0.443 e. The van der Waals surface area contributed by atoms with Gasteiger partial charge in [-0.25, -0.2) is 4.98 Å². The number of amides is 1. The number of benzene rings is 1. The second kappa shape index (κ2) is 10.1. The van der Waals surface area contributed by atoms with Gasteiger partial charge < -0.3 is 14.6 Å². The van der Waals surface area contributed by atoms with Crippen LogP contribution in [0.3, 0.4) is 0 Å². The molecular weight excluding hydrogens is 463 g/mol. The highest BCUT2D eigenvalue weighted by Gasteiger charge is 2.31. The van der Waals surface area contributed by atoms with Crippen LogP contribution in [0.4, 0.5) is 18.9 Å². The summed E-state index contributed by atoms with van der Waals surface area (Å²) < 4.78 is 45.8. The van der Waals surface area contributed by atoms with Gasteiger partial charge in [0.25, 0.3) is 5.56 Å². The average molecular weight is 492 g/mol. The molecule has 3 heterocycles. The zero-order valence-corrected chi connectivity index (χ0v) is 19.7. The van der Waals surface area contributed by atoms with E-state index < -0.39 is 11.7 Å². The van der Waals surface area contributed by atoms with Crippen molar-refractivity contribution >= 4 is 22.7 Å². The van der Waals surface area contributed by atoms with E-state index in [9.17, 15) is 22.8 Å². The molecule has 0 unspecified atom stereocenters. The SMILES string of the molecule is Cc1oc2ncn(CCC(=O)NCCN3CCN(c4cccc(C(F)(F)F)c4)CC3)c(=O)c2c1C. The highest BCUT2D eigenvalue weighted by atomic mass is 19.4. The number of nitrogens with zero attached hydrogens (tertiary/aromatic N) is 4. The first kappa shape index (κ1) is 24.8. The molecule has 4 rings (SSSR count). The third-order valence-electron chi connectivity index (χ3n) is 6.40. The van der Waals surface area contributed by atoms with Gasteiger partial charge in [-0.1, -0.05) is 6.07 Å². The van der Waals surface area contributed by atoms with Crippen LogP contribution in [0.2, 0.25) is 0 Å². The highest BCUT2D eigenvalue weighted by molar-refractivity contribution is 5.77. The van der Waals surface area contributed by atoms with E-state index in [1.54, 1.807) is 19.9 Å². The predicted octanol–water partition coefficient (Wildman–Crippen LogP) is 2.95. The van der Waals surface area contributed by atoms with Gasteiger partial charge in [-0.05, 0) is 32.0 Å². The quantitative estimate of drug-likeness (QED) is 0.547. The molecular formula is C24H28F3N5O3. The van der Waals surface area contributed by atoms with Crippen molar-refractivity contribution in [1.29, 1.82) is 0 Å². The first-order valence-electron chi connectivity index (χ1n) is 11.5. The number of aromatic nitrogens is 2. The Bertz CT molecular complexity index is 1260. The van der Waals surface area contributed by atoms with E-state index in [0.717, 1.165) is 11.6 Å². The lowest BCUT2D eigenvalue weighted by molar-refractivity contribution is -0.137. The van der Waals surface area contributed by atoms with E-state index in [0.29, 0.717) is 61.8 Å². The molecule has 0 spiro atoms. The smallest absolute Gasteiger partial charge is 0.416 e. The highest BCUT2D eigenvalue weighted by Crippen LogP contribution is 2.31. The molecule has 0 atom stereocenters. The number of rotatable bonds is 7. The van der Waals surface area contributed by atoms with Gasteiger partial charge in [0.15, 0.2) is 0 Å². The van der Waals surface area contributed by atoms with Crippen LogP contribution < -0.4 is 15.8 Å². The number of alkyl halides is 3. The van der Waals surface area contributed by atoms with Gasteiger partial charge in [0, 0.05) is 63.5 Å². The van der Waals surface area contributed by atoms with Crippen molar-refractivity contribution in [1.82, 2.24) is 19.8 Å². The Kier molecular flexibility index (Phi) is 7.15. The zero-order chi connectivity index (χ0) is 25.2. The number of nitrogens with one attached hydrogen (secondary N) is 1. The molecule has 1 amide bonds. The molecule has 2 aromatic heterocycles. The molecule has 35 heavy (non-hydrogen) atoms. The zero-order valence-electron chi connectivity index (χ0n) is 19.7. The van der Waals surface area contributed by atoms with Crippen LogP contribution in [0.15, 0.2) is 39.8 Å². The summed E-state index contributed by atoms with van der Waals surface area (Å²) in [5.41, 5.74) is 0.753. The third-order valence-corrected chi connectivity index (χ3v) is 6.40. The summed E-state index contributed by atoms with van der Waals surface area (Å²) in [4.78, 5) is 33.2. The number of fused-ring (bicyclic) bond motifs is 1. The summed E-state index contributed by atoms with van der Waals surface area (Å²) in [5, 5.41) is 3.31. The van der Waals surface area contributed by atoms with Gasteiger partial charge in [0.05, 0.1) is 5.56 Å². The molecule has 0 bridgehead atoms. The molecule has 1 aliphatic heterocycles. The summed E-state index contributed by atoms with van der Waals surface area (Å²) in [6.45, 7) is 7.50. The minimum atomic E-state index is -4.36. The number of hydrogen-bond donors (Lipinski definition) is 1. The summed E-state index contributed by atoms with van der Waals surface area (Å²) in [6, 6.07) is 5.38. The Morgan fingerprint density at radius 3 is 2.60 bits per heavy atom. The molecule has 0 radical (unpaired) electrons. The monoisotopic (exact) mass is 491 g/mol. The fourth-order valence-corrected chi connectivity index (χ4v) is 4.20. The Morgan fingerprint density at radius 1 is 1.14 bits per heavy atom. The van der Waals surface area contributed by atoms with Crippen molar-refractivity contribution in [2.75, 3.05) is 44.2 Å². The molecule has 1 saturated heterocycles. The standard InChI is InChI=1S/C24H28F3N5O3/c1-16-17(2)35-22-21(16)23(34)32(15-29-22)8-6-20(33)28-7-9-30-10-12-31(13-11-30)19-5-3-4-18(14-19)24(25,26)27/h3-5,14-15H,6-13H2,1-2H3,(H,28,33). The molecule has 11 heteroatoms. The summed E-state index contributed by atoms with van der Waals surface area (Å²) in [7, 11) is 0. The van der Waals surface area contributed by atoms with Gasteiger partial charge >= 0.3 is 6.18 Å².